The number of nitrogens with zero attached hydrogens (tertiary/aromatic N) is 2. The molecule has 3 nitrogen and oxygen atoms in total. The number of fused-ring (bicyclic) bond motifs is 15. The molecule has 0 N–H and O–H groups in total. The van der Waals surface area contributed by atoms with Crippen LogP contribution in [0.1, 0.15) is 103 Å². The summed E-state index contributed by atoms with van der Waals surface area (Å²) in [4.78, 5) is 5.36. The smallest absolute Gasteiger partial charge is 0.333 e. The molecule has 0 bridgehead atoms. The highest BCUT2D eigenvalue weighted by molar-refractivity contribution is 7.26. The summed E-state index contributed by atoms with van der Waals surface area (Å²) in [5.74, 6) is 0. The van der Waals surface area contributed by atoms with Crippen LogP contribution >= 0.6 is 11.3 Å². The molecule has 3 aliphatic heterocycles. The van der Waals surface area contributed by atoms with Gasteiger partial charge in [-0.25, -0.2) is 0 Å². The monoisotopic (exact) mass is 898 g/mol. The number of hydrogen-bond donors (Lipinski definition) is 0. The molecule has 2 aromatic heterocycles. The fourth-order valence-corrected chi connectivity index (χ4v) is 14.3. The predicted molar refractivity (Wildman–Crippen MR) is 292 cm³/mol. The first-order chi connectivity index (χ1) is 32.6. The van der Waals surface area contributed by atoms with Crippen LogP contribution in [0.3, 0.4) is 0 Å². The van der Waals surface area contributed by atoms with Gasteiger partial charge in [0.05, 0.1) is 11.4 Å². The highest BCUT2D eigenvalue weighted by Crippen LogP contribution is 2.59. The number of benzene rings is 8. The minimum atomic E-state index is -0.209. The van der Waals surface area contributed by atoms with Crippen LogP contribution in [0, 0.1) is 0 Å². The lowest BCUT2D eigenvalue weighted by molar-refractivity contribution is 0.332. The molecule has 0 radical (unpaired) electrons. The van der Waals surface area contributed by atoms with E-state index in [1.54, 1.807) is 0 Å². The van der Waals surface area contributed by atoms with Gasteiger partial charge in [0.25, 0.3) is 0 Å². The number of thiophene rings is 1. The van der Waals surface area contributed by atoms with Crippen LogP contribution in [0.5, 0.6) is 0 Å². The summed E-state index contributed by atoms with van der Waals surface area (Å²) in [5.41, 5.74) is 22.4. The average Bonchev–Trinajstić information content (AvgIpc) is 3.90. The quantitative estimate of drug-likeness (QED) is 0.161. The van der Waals surface area contributed by atoms with Crippen molar-refractivity contribution in [2.75, 3.05) is 9.71 Å². The summed E-state index contributed by atoms with van der Waals surface area (Å²) >= 11 is 1.95. The van der Waals surface area contributed by atoms with Crippen molar-refractivity contribution in [3.05, 3.63) is 173 Å². The third-order valence-corrected chi connectivity index (χ3v) is 18.0. The molecular formula is C63H55BN2OS. The molecule has 10 aromatic rings. The Morgan fingerprint density at radius 1 is 0.559 bits per heavy atom. The fourth-order valence-electron chi connectivity index (χ4n) is 13.0. The Hall–Kier alpha value is -6.56. The molecule has 5 heterocycles. The largest absolute Gasteiger partial charge is 0.454 e. The summed E-state index contributed by atoms with van der Waals surface area (Å²) in [6.07, 6.45) is 2.31. The van der Waals surface area contributed by atoms with Gasteiger partial charge in [-0.2, -0.15) is 0 Å². The van der Waals surface area contributed by atoms with Crippen LogP contribution in [0.2, 0.25) is 0 Å². The fraction of sp³-hybridized carbons (Fsp3) is 0.238. The molecule has 0 atom stereocenters. The highest BCUT2D eigenvalue weighted by atomic mass is 32.1. The van der Waals surface area contributed by atoms with Crippen molar-refractivity contribution < 1.29 is 4.42 Å². The second-order valence-corrected chi connectivity index (χ2v) is 24.2. The molecule has 1 aliphatic carbocycles. The molecule has 0 fully saturated rings. The molecular weight excluding hydrogens is 844 g/mol. The van der Waals surface area contributed by atoms with E-state index in [1.807, 2.05) is 11.3 Å². The summed E-state index contributed by atoms with van der Waals surface area (Å²) < 4.78 is 10.2. The Kier molecular flexibility index (Phi) is 7.96. The number of para-hydroxylation sites is 2. The maximum Gasteiger partial charge on any atom is 0.333 e. The lowest BCUT2D eigenvalue weighted by Crippen LogP contribution is -2.63. The van der Waals surface area contributed by atoms with Crippen molar-refractivity contribution in [1.29, 1.82) is 0 Å². The van der Waals surface area contributed by atoms with E-state index < -0.39 is 0 Å². The molecule has 0 spiro atoms. The van der Waals surface area contributed by atoms with E-state index in [2.05, 4.69) is 218 Å². The molecule has 5 heteroatoms. The van der Waals surface area contributed by atoms with Crippen molar-refractivity contribution in [2.45, 2.75) is 96.8 Å². The maximum atomic E-state index is 7.57. The lowest BCUT2D eigenvalue weighted by atomic mass is 9.42. The van der Waals surface area contributed by atoms with Gasteiger partial charge < -0.3 is 14.1 Å². The number of furan rings is 1. The zero-order valence-corrected chi connectivity index (χ0v) is 41.4. The first-order valence-corrected chi connectivity index (χ1v) is 25.5. The third kappa shape index (κ3) is 5.26. The van der Waals surface area contributed by atoms with Gasteiger partial charge in [0.2, 0.25) is 0 Å². The molecule has 68 heavy (non-hydrogen) atoms. The van der Waals surface area contributed by atoms with Crippen molar-refractivity contribution in [3.8, 4) is 22.3 Å². The topological polar surface area (TPSA) is 19.6 Å². The molecule has 332 valence electrons. The molecule has 8 aromatic carbocycles. The summed E-state index contributed by atoms with van der Waals surface area (Å²) in [6, 6.07) is 56.0. The van der Waals surface area contributed by atoms with Crippen molar-refractivity contribution >= 4 is 99.7 Å². The van der Waals surface area contributed by atoms with Gasteiger partial charge in [0.1, 0.15) is 5.58 Å². The molecule has 0 amide bonds. The van der Waals surface area contributed by atoms with E-state index in [-0.39, 0.29) is 28.5 Å². The third-order valence-electron chi connectivity index (χ3n) is 16.8. The van der Waals surface area contributed by atoms with Gasteiger partial charge >= 0.3 is 6.85 Å². The Balaban J connectivity index is 1.19. The van der Waals surface area contributed by atoms with Gasteiger partial charge in [0, 0.05) is 70.1 Å². The van der Waals surface area contributed by atoms with Gasteiger partial charge in [-0.15, -0.1) is 11.3 Å². The first-order valence-electron chi connectivity index (χ1n) is 24.7. The maximum absolute atomic E-state index is 7.57. The van der Waals surface area contributed by atoms with Crippen molar-refractivity contribution in [2.24, 2.45) is 0 Å². The normalized spacial score (nSPS) is 17.0. The zero-order valence-electron chi connectivity index (χ0n) is 40.6. The summed E-state index contributed by atoms with van der Waals surface area (Å²) in [6.45, 7) is 21.4. The number of rotatable bonds is 2. The zero-order chi connectivity index (χ0) is 46.4. The van der Waals surface area contributed by atoms with E-state index in [4.69, 9.17) is 4.42 Å². The van der Waals surface area contributed by atoms with Crippen LogP contribution < -0.4 is 20.6 Å². The van der Waals surface area contributed by atoms with Crippen LogP contribution in [0.25, 0.3) is 64.4 Å². The van der Waals surface area contributed by atoms with Crippen LogP contribution in [0.15, 0.2) is 150 Å². The van der Waals surface area contributed by atoms with Gasteiger partial charge in [-0.1, -0.05) is 165 Å². The minimum absolute atomic E-state index is 0.0511. The minimum Gasteiger partial charge on any atom is -0.454 e. The van der Waals surface area contributed by atoms with Crippen LogP contribution in [-0.2, 0) is 21.7 Å². The van der Waals surface area contributed by atoms with E-state index >= 15 is 0 Å². The second kappa shape index (κ2) is 13.4. The Morgan fingerprint density at radius 3 is 2.07 bits per heavy atom. The summed E-state index contributed by atoms with van der Waals surface area (Å²) in [5, 5.41) is 4.97. The van der Waals surface area contributed by atoms with E-state index in [0.29, 0.717) is 0 Å². The van der Waals surface area contributed by atoms with E-state index in [1.165, 1.54) is 109 Å². The van der Waals surface area contributed by atoms with E-state index in [0.717, 1.165) is 35.4 Å². The van der Waals surface area contributed by atoms with Crippen molar-refractivity contribution in [3.63, 3.8) is 0 Å². The van der Waals surface area contributed by atoms with Gasteiger partial charge in [0.15, 0.2) is 5.58 Å². The molecule has 0 saturated heterocycles. The number of hydrogen-bond acceptors (Lipinski definition) is 4. The SMILES string of the molecule is CC(C)(C)c1ccc(N2c3cc4c(sc5ccccc54)c4c3B(c3ccc5c(oc6cc7c(cc65)C(C)(C)CCC7(C)C)c32)N2c3ccccc3C(C)(C)c3cccc-4c32)c(-c2ccccc2)c1. The van der Waals surface area contributed by atoms with Crippen LogP contribution in [-0.4, -0.2) is 6.85 Å². The van der Waals surface area contributed by atoms with Crippen LogP contribution in [0.4, 0.5) is 28.4 Å². The average molecular weight is 899 g/mol. The standard InChI is InChI=1S/C63H55BN2OS/c1-60(2,3)37-26-29-49(41(32-37)36-18-11-10-12-19-36)65-51-34-43-38-20-13-16-25-53(38)68-59(43)54-40-21-17-23-45-56(40)66(50-24-15-14-22-44(50)63(45,8)9)64(55(51)54)48-28-27-39-42-33-46-47(35-52(42)67-58(39)57(48)65)62(6,7)31-30-61(46,4)5/h10-29,32-35H,30-31H2,1-9H3. The highest BCUT2D eigenvalue weighted by Gasteiger charge is 2.52. The predicted octanol–water partition coefficient (Wildman–Crippen LogP) is 16.6. The Labute approximate surface area is 404 Å². The molecule has 0 unspecified atom stereocenters. The number of anilines is 5. The van der Waals surface area contributed by atoms with Gasteiger partial charge in [-0.05, 0) is 116 Å². The molecule has 4 aliphatic rings. The van der Waals surface area contributed by atoms with Crippen molar-refractivity contribution in [1.82, 2.24) is 0 Å². The second-order valence-electron chi connectivity index (χ2n) is 23.1. The lowest BCUT2D eigenvalue weighted by Gasteiger charge is -2.51. The van der Waals surface area contributed by atoms with Gasteiger partial charge in [-0.3, -0.25) is 0 Å². The Bertz CT molecular complexity index is 3840. The summed E-state index contributed by atoms with van der Waals surface area (Å²) in [7, 11) is 0. The molecule has 0 saturated carbocycles. The first kappa shape index (κ1) is 40.5. The molecule has 14 rings (SSSR count). The Morgan fingerprint density at radius 2 is 1.28 bits per heavy atom. The van der Waals surface area contributed by atoms with E-state index in [9.17, 15) is 0 Å².